The van der Waals surface area contributed by atoms with E-state index in [2.05, 4.69) is 120 Å². The first-order valence-electron chi connectivity index (χ1n) is 15.2. The fourth-order valence-electron chi connectivity index (χ4n) is 5.84. The highest BCUT2D eigenvalue weighted by molar-refractivity contribution is 6.15. The summed E-state index contributed by atoms with van der Waals surface area (Å²) in [5.41, 5.74) is 14.9. The molecule has 0 aliphatic carbocycles. The van der Waals surface area contributed by atoms with Gasteiger partial charge in [-0.2, -0.15) is 0 Å². The number of hydrogen-bond donors (Lipinski definition) is 2. The maximum Gasteiger partial charge on any atom is 0.169 e. The topological polar surface area (TPSA) is 75.1 Å². The highest BCUT2D eigenvalue weighted by Gasteiger charge is 2.21. The number of aliphatic imine (C=N–C) groups is 3. The molecule has 0 amide bonds. The summed E-state index contributed by atoms with van der Waals surface area (Å²) in [5, 5.41) is 5.87. The Morgan fingerprint density at radius 2 is 1.20 bits per heavy atom. The lowest BCUT2D eigenvalue weighted by molar-refractivity contribution is 0.756. The molecule has 1 atom stereocenters. The van der Waals surface area contributed by atoms with Crippen LogP contribution in [0.5, 0.6) is 0 Å². The molecule has 6 aromatic carbocycles. The monoisotopic (exact) mass is 583 g/mol. The summed E-state index contributed by atoms with van der Waals surface area (Å²) in [5.74, 6) is 1.62. The Morgan fingerprint density at radius 3 is 1.82 bits per heavy atom. The fourth-order valence-corrected chi connectivity index (χ4v) is 5.84. The zero-order chi connectivity index (χ0) is 30.6. The molecule has 0 saturated carbocycles. The van der Waals surface area contributed by atoms with Crippen molar-refractivity contribution in [3.05, 3.63) is 168 Å². The molecule has 6 aromatic rings. The van der Waals surface area contributed by atoms with Crippen molar-refractivity contribution in [2.75, 3.05) is 0 Å². The van der Waals surface area contributed by atoms with Gasteiger partial charge in [0.05, 0.1) is 0 Å². The van der Waals surface area contributed by atoms with Crippen molar-refractivity contribution < 1.29 is 0 Å². The molecule has 45 heavy (non-hydrogen) atoms. The summed E-state index contributed by atoms with van der Waals surface area (Å²) in [7, 11) is 0. The van der Waals surface area contributed by atoms with E-state index in [0.29, 0.717) is 0 Å². The van der Waals surface area contributed by atoms with E-state index in [1.165, 1.54) is 16.3 Å². The van der Waals surface area contributed by atoms with Crippen LogP contribution in [0.25, 0.3) is 33.0 Å². The second-order valence-corrected chi connectivity index (χ2v) is 11.0. The number of nitrogens with one attached hydrogen (secondary N) is 1. The second-order valence-electron chi connectivity index (χ2n) is 11.0. The minimum atomic E-state index is -0.375. The van der Waals surface area contributed by atoms with Crippen LogP contribution in [0.2, 0.25) is 0 Å². The molecule has 1 unspecified atom stereocenters. The van der Waals surface area contributed by atoms with E-state index in [-0.39, 0.29) is 12.3 Å². The second kappa shape index (κ2) is 12.5. The summed E-state index contributed by atoms with van der Waals surface area (Å²) < 4.78 is 0. The highest BCUT2D eigenvalue weighted by Crippen LogP contribution is 2.39. The third-order valence-electron chi connectivity index (χ3n) is 8.13. The van der Waals surface area contributed by atoms with Gasteiger partial charge in [0.25, 0.3) is 0 Å². The average molecular weight is 584 g/mol. The van der Waals surface area contributed by atoms with Gasteiger partial charge in [0, 0.05) is 11.1 Å². The third-order valence-corrected chi connectivity index (χ3v) is 8.13. The van der Waals surface area contributed by atoms with Crippen molar-refractivity contribution in [1.29, 1.82) is 0 Å². The van der Waals surface area contributed by atoms with Gasteiger partial charge >= 0.3 is 0 Å². The Bertz CT molecular complexity index is 1970. The number of amidine groups is 2. The van der Waals surface area contributed by atoms with Gasteiger partial charge in [-0.05, 0) is 57.3 Å². The maximum absolute atomic E-state index is 6.23. The van der Waals surface area contributed by atoms with E-state index in [0.717, 1.165) is 50.6 Å². The van der Waals surface area contributed by atoms with Gasteiger partial charge in [0.2, 0.25) is 0 Å². The summed E-state index contributed by atoms with van der Waals surface area (Å²) in [6.07, 6.45) is 1.01. The summed E-state index contributed by atoms with van der Waals surface area (Å²) in [6, 6.07) is 50.5. The van der Waals surface area contributed by atoms with Crippen molar-refractivity contribution in [2.24, 2.45) is 20.7 Å². The van der Waals surface area contributed by atoms with Gasteiger partial charge in [-0.25, -0.2) is 9.98 Å². The molecule has 0 fully saturated rings. The zero-order valence-corrected chi connectivity index (χ0v) is 25.0. The van der Waals surface area contributed by atoms with Gasteiger partial charge in [-0.1, -0.05) is 146 Å². The fraction of sp³-hybridized carbons (Fsp3) is 0.0750. The Balaban J connectivity index is 1.29. The lowest BCUT2D eigenvalue weighted by Gasteiger charge is -2.22. The first kappa shape index (κ1) is 28.1. The Hall–Kier alpha value is -5.65. The highest BCUT2D eigenvalue weighted by atomic mass is 15.2. The lowest BCUT2D eigenvalue weighted by atomic mass is 9.89. The van der Waals surface area contributed by atoms with Crippen LogP contribution in [-0.4, -0.2) is 17.9 Å². The largest absolute Gasteiger partial charge is 0.324 e. The smallest absolute Gasteiger partial charge is 0.169 e. The predicted octanol–water partition coefficient (Wildman–Crippen LogP) is 8.72. The van der Waals surface area contributed by atoms with Gasteiger partial charge in [0.1, 0.15) is 17.8 Å². The number of fused-ring (bicyclic) bond motifs is 1. The molecule has 1 heterocycles. The summed E-state index contributed by atoms with van der Waals surface area (Å²) in [6.45, 7) is 1.88. The number of benzene rings is 6. The maximum atomic E-state index is 6.23. The third kappa shape index (κ3) is 5.81. The molecule has 0 saturated heterocycles. The molecule has 5 heteroatoms. The van der Waals surface area contributed by atoms with Crippen LogP contribution in [0, 0.1) is 0 Å². The first-order chi connectivity index (χ1) is 22.2. The standard InChI is InChI=1S/C40H33N5/c1-2-42-37(41)30-21-17-28(18-22-30)35-26-25-27-11-9-10-16-34(27)36(35)29-19-23-33(24-20-29)40-44-38(31-12-5-3-6-13-31)43-39(45-40)32-14-7-4-8-15-32/h2-26,37,40H,41H2,1H3,(H,43,44,45). The van der Waals surface area contributed by atoms with E-state index < -0.39 is 0 Å². The van der Waals surface area contributed by atoms with Crippen LogP contribution < -0.4 is 11.1 Å². The first-order valence-corrected chi connectivity index (χ1v) is 15.2. The molecule has 1 aliphatic heterocycles. The predicted molar refractivity (Wildman–Crippen MR) is 188 cm³/mol. The molecule has 218 valence electrons. The number of nitrogens with two attached hydrogens (primary N) is 1. The van der Waals surface area contributed by atoms with Gasteiger partial charge in [-0.3, -0.25) is 4.99 Å². The van der Waals surface area contributed by atoms with Gasteiger partial charge < -0.3 is 11.1 Å². The number of nitrogens with zero attached hydrogens (tertiary/aromatic N) is 3. The van der Waals surface area contributed by atoms with Gasteiger partial charge in [-0.15, -0.1) is 0 Å². The van der Waals surface area contributed by atoms with E-state index in [9.17, 15) is 0 Å². The molecule has 0 radical (unpaired) electrons. The van der Waals surface area contributed by atoms with E-state index in [1.807, 2.05) is 43.3 Å². The van der Waals surface area contributed by atoms with Crippen molar-refractivity contribution in [3.63, 3.8) is 0 Å². The Labute approximate surface area is 263 Å². The van der Waals surface area contributed by atoms with Crippen molar-refractivity contribution in [2.45, 2.75) is 19.3 Å². The van der Waals surface area contributed by atoms with E-state index >= 15 is 0 Å². The summed E-state index contributed by atoms with van der Waals surface area (Å²) >= 11 is 0. The molecule has 0 spiro atoms. The van der Waals surface area contributed by atoms with E-state index in [4.69, 9.17) is 15.7 Å². The van der Waals surface area contributed by atoms with Crippen LogP contribution in [-0.2, 0) is 0 Å². The van der Waals surface area contributed by atoms with Crippen LogP contribution >= 0.6 is 0 Å². The molecule has 7 rings (SSSR count). The van der Waals surface area contributed by atoms with Crippen molar-refractivity contribution in [1.82, 2.24) is 5.32 Å². The number of hydrogen-bond acceptors (Lipinski definition) is 5. The molecular weight excluding hydrogens is 550 g/mol. The number of rotatable bonds is 7. The normalized spacial score (nSPS) is 14.2. The molecular formula is C40H33N5. The van der Waals surface area contributed by atoms with Crippen molar-refractivity contribution in [3.8, 4) is 22.3 Å². The van der Waals surface area contributed by atoms with Crippen molar-refractivity contribution >= 4 is 28.7 Å². The SMILES string of the molecule is CC=NC(N)c1ccc(-c2ccc3ccccc3c2-c2ccc(C3N=C(c4ccccc4)NC(c4ccccc4)=N3)cc2)cc1. The summed E-state index contributed by atoms with van der Waals surface area (Å²) in [4.78, 5) is 14.4. The lowest BCUT2D eigenvalue weighted by Crippen LogP contribution is -2.35. The minimum Gasteiger partial charge on any atom is -0.324 e. The van der Waals surface area contributed by atoms with Crippen LogP contribution in [0.3, 0.4) is 0 Å². The minimum absolute atomic E-state index is 0.363. The van der Waals surface area contributed by atoms with Gasteiger partial charge in [0.15, 0.2) is 6.17 Å². The zero-order valence-electron chi connectivity index (χ0n) is 25.0. The van der Waals surface area contributed by atoms with Crippen LogP contribution in [0.15, 0.2) is 161 Å². The molecule has 3 N–H and O–H groups in total. The molecule has 0 aromatic heterocycles. The molecule has 5 nitrogen and oxygen atoms in total. The van der Waals surface area contributed by atoms with Crippen LogP contribution in [0.1, 0.15) is 41.5 Å². The van der Waals surface area contributed by atoms with Crippen LogP contribution in [0.4, 0.5) is 0 Å². The average Bonchev–Trinajstić information content (AvgIpc) is 3.12. The quantitative estimate of drug-likeness (QED) is 0.184. The molecule has 1 aliphatic rings. The molecule has 0 bridgehead atoms. The Kier molecular flexibility index (Phi) is 7.83. The van der Waals surface area contributed by atoms with E-state index in [1.54, 1.807) is 6.21 Å². The Morgan fingerprint density at radius 1 is 0.622 bits per heavy atom.